The Balaban J connectivity index is 1.56. The molecule has 3 heterocycles. The van der Waals surface area contributed by atoms with Gasteiger partial charge in [-0.25, -0.2) is 27.3 Å². The number of benzene rings is 2. The van der Waals surface area contributed by atoms with Crippen molar-refractivity contribution < 1.29 is 22.2 Å². The van der Waals surface area contributed by atoms with Crippen LogP contribution in [-0.4, -0.2) is 33.2 Å². The second-order valence-electron chi connectivity index (χ2n) is 8.98. The molecule has 5 rings (SSSR count). The van der Waals surface area contributed by atoms with Gasteiger partial charge in [-0.05, 0) is 74.0 Å². The zero-order valence-electron chi connectivity index (χ0n) is 20.8. The number of nitrogens with zero attached hydrogens (tertiary/aromatic N) is 2. The van der Waals surface area contributed by atoms with Gasteiger partial charge in [0.15, 0.2) is 16.8 Å². The number of carbonyl (C=O) groups is 1. The summed E-state index contributed by atoms with van der Waals surface area (Å²) in [5.74, 6) is -2.09. The summed E-state index contributed by atoms with van der Waals surface area (Å²) >= 11 is 1.45. The van der Waals surface area contributed by atoms with Gasteiger partial charge in [0.2, 0.25) is 5.91 Å². The fourth-order valence-electron chi connectivity index (χ4n) is 4.35. The molecule has 1 aliphatic rings. The summed E-state index contributed by atoms with van der Waals surface area (Å²) in [6.45, 7) is 3.09. The molecule has 7 nitrogen and oxygen atoms in total. The van der Waals surface area contributed by atoms with Crippen molar-refractivity contribution in [3.8, 4) is 21.7 Å². The Bertz CT molecular complexity index is 1560. The maximum Gasteiger partial charge on any atom is 0.222 e. The summed E-state index contributed by atoms with van der Waals surface area (Å²) in [5, 5.41) is 6.86. The van der Waals surface area contributed by atoms with Gasteiger partial charge in [0.25, 0.3) is 0 Å². The van der Waals surface area contributed by atoms with E-state index in [1.807, 2.05) is 0 Å². The van der Waals surface area contributed by atoms with Gasteiger partial charge < -0.3 is 10.6 Å². The maximum atomic E-state index is 15.9. The van der Waals surface area contributed by atoms with Gasteiger partial charge in [0.05, 0.1) is 26.2 Å². The fraction of sp³-hybridized carbons (Fsp3) is 0.222. The fourth-order valence-corrected chi connectivity index (χ4v) is 6.52. The molecule has 1 fully saturated rings. The van der Waals surface area contributed by atoms with E-state index < -0.39 is 33.3 Å². The minimum atomic E-state index is -2.26. The average molecular weight is 572 g/mol. The van der Waals surface area contributed by atoms with Gasteiger partial charge in [-0.2, -0.15) is 0 Å². The number of anilines is 2. The molecule has 1 saturated heterocycles. The highest BCUT2D eigenvalue weighted by atomic mass is 32.2. The van der Waals surface area contributed by atoms with Crippen LogP contribution in [0.2, 0.25) is 0 Å². The minimum absolute atomic E-state index is 0.148. The smallest absolute Gasteiger partial charge is 0.222 e. The van der Waals surface area contributed by atoms with E-state index in [1.165, 1.54) is 24.3 Å². The molecular weight excluding hydrogens is 547 g/mol. The van der Waals surface area contributed by atoms with Crippen LogP contribution in [0.1, 0.15) is 30.7 Å². The number of hydrogen-bond acceptors (Lipinski definition) is 6. The maximum absolute atomic E-state index is 15.9. The molecule has 0 spiro atoms. The molecule has 39 heavy (non-hydrogen) atoms. The van der Waals surface area contributed by atoms with E-state index in [9.17, 15) is 17.8 Å². The molecule has 2 aromatic heterocycles. The lowest BCUT2D eigenvalue weighted by Gasteiger charge is -2.20. The standard InChI is InChI=1S/C27H24F3N5O2S2/c1-15(36)33-23-13-17(9-12-32-23)26-25(34-27(38-26)16-7-10-31-11-8-16)19-3-2-4-21(24(19)30)35-39(37)22-14-18(28)5-6-20(22)29/h2-6,9,12-14,16,31,35H,7-8,10-11H2,1H3,(H,32,33,36). The monoisotopic (exact) mass is 571 g/mol. The van der Waals surface area contributed by atoms with Gasteiger partial charge in [-0.1, -0.05) is 6.07 Å². The zero-order valence-corrected chi connectivity index (χ0v) is 22.4. The Labute approximate surface area is 229 Å². The van der Waals surface area contributed by atoms with Crippen molar-refractivity contribution in [3.05, 3.63) is 77.2 Å². The van der Waals surface area contributed by atoms with E-state index in [-0.39, 0.29) is 23.1 Å². The molecule has 0 bridgehead atoms. The highest BCUT2D eigenvalue weighted by molar-refractivity contribution is 7.86. The van der Waals surface area contributed by atoms with Crippen molar-refractivity contribution in [1.82, 2.24) is 15.3 Å². The first-order valence-electron chi connectivity index (χ1n) is 12.2. The molecule has 1 atom stereocenters. The van der Waals surface area contributed by atoms with E-state index in [4.69, 9.17) is 4.98 Å². The Morgan fingerprint density at radius 1 is 1.10 bits per heavy atom. The number of aromatic nitrogens is 2. The molecule has 4 aromatic rings. The van der Waals surface area contributed by atoms with Crippen molar-refractivity contribution in [2.24, 2.45) is 0 Å². The minimum Gasteiger partial charge on any atom is -0.317 e. The topological polar surface area (TPSA) is 96.0 Å². The van der Waals surface area contributed by atoms with Crippen LogP contribution < -0.4 is 15.4 Å². The second kappa shape index (κ2) is 11.6. The SMILES string of the molecule is CC(=O)Nc1cc(-c2sc(C3CCNCC3)nc2-c2cccc(NS(=O)c3cc(F)ccc3F)c2F)ccn1. The number of pyridine rings is 1. The van der Waals surface area contributed by atoms with Crippen LogP contribution in [0.15, 0.2) is 59.6 Å². The van der Waals surface area contributed by atoms with Gasteiger partial charge in [-0.3, -0.25) is 9.52 Å². The van der Waals surface area contributed by atoms with Crippen LogP contribution in [0.3, 0.4) is 0 Å². The van der Waals surface area contributed by atoms with Crippen LogP contribution in [0.25, 0.3) is 21.7 Å². The summed E-state index contributed by atoms with van der Waals surface area (Å²) in [6.07, 6.45) is 3.34. The number of nitrogens with one attached hydrogen (secondary N) is 3. The van der Waals surface area contributed by atoms with Crippen LogP contribution in [0.5, 0.6) is 0 Å². The molecule has 0 saturated carbocycles. The number of halogens is 3. The van der Waals surface area contributed by atoms with Gasteiger partial charge in [-0.15, -0.1) is 11.3 Å². The summed E-state index contributed by atoms with van der Waals surface area (Å²) in [7, 11) is -2.26. The number of thiazole rings is 1. The van der Waals surface area contributed by atoms with Crippen molar-refractivity contribution in [3.63, 3.8) is 0 Å². The number of rotatable bonds is 7. The highest BCUT2D eigenvalue weighted by Gasteiger charge is 2.25. The van der Waals surface area contributed by atoms with Gasteiger partial charge in [0.1, 0.15) is 17.5 Å². The quantitative estimate of drug-likeness (QED) is 0.259. The summed E-state index contributed by atoms with van der Waals surface area (Å²) in [5.41, 5.74) is 1.09. The molecule has 0 aliphatic carbocycles. The molecular formula is C27H24F3N5O2S2. The lowest BCUT2D eigenvalue weighted by molar-refractivity contribution is -0.114. The van der Waals surface area contributed by atoms with E-state index in [2.05, 4.69) is 20.3 Å². The predicted octanol–water partition coefficient (Wildman–Crippen LogP) is 5.85. The van der Waals surface area contributed by atoms with Crippen LogP contribution in [0, 0.1) is 17.5 Å². The molecule has 1 amide bonds. The first-order valence-corrected chi connectivity index (χ1v) is 14.1. The van der Waals surface area contributed by atoms with Crippen molar-refractivity contribution >= 4 is 39.7 Å². The number of piperidine rings is 1. The third-order valence-corrected chi connectivity index (χ3v) is 8.59. The van der Waals surface area contributed by atoms with Crippen molar-refractivity contribution in [2.75, 3.05) is 23.1 Å². The van der Waals surface area contributed by atoms with E-state index in [0.717, 1.165) is 49.1 Å². The molecule has 3 N–H and O–H groups in total. The summed E-state index contributed by atoms with van der Waals surface area (Å²) in [4.78, 5) is 20.9. The number of amides is 1. The Kier molecular flexibility index (Phi) is 8.05. The second-order valence-corrected chi connectivity index (χ2v) is 11.2. The molecule has 12 heteroatoms. The van der Waals surface area contributed by atoms with Crippen molar-refractivity contribution in [2.45, 2.75) is 30.6 Å². The van der Waals surface area contributed by atoms with Crippen LogP contribution in [0.4, 0.5) is 24.7 Å². The first-order chi connectivity index (χ1) is 18.8. The lowest BCUT2D eigenvalue weighted by atomic mass is 9.99. The molecule has 202 valence electrons. The average Bonchev–Trinajstić information content (AvgIpc) is 3.37. The molecule has 1 unspecified atom stereocenters. The largest absolute Gasteiger partial charge is 0.317 e. The van der Waals surface area contributed by atoms with E-state index in [0.29, 0.717) is 22.0 Å². The lowest BCUT2D eigenvalue weighted by Crippen LogP contribution is -2.26. The summed E-state index contributed by atoms with van der Waals surface area (Å²) < 4.78 is 59.0. The van der Waals surface area contributed by atoms with Crippen LogP contribution >= 0.6 is 11.3 Å². The Hall–Kier alpha value is -3.61. The van der Waals surface area contributed by atoms with E-state index in [1.54, 1.807) is 30.5 Å². The highest BCUT2D eigenvalue weighted by Crippen LogP contribution is 2.43. The van der Waals surface area contributed by atoms with Crippen LogP contribution in [-0.2, 0) is 15.8 Å². The molecule has 0 radical (unpaired) electrons. The zero-order chi connectivity index (χ0) is 27.5. The summed E-state index contributed by atoms with van der Waals surface area (Å²) in [6, 6.07) is 10.6. The Morgan fingerprint density at radius 3 is 2.67 bits per heavy atom. The third-order valence-electron chi connectivity index (χ3n) is 6.21. The van der Waals surface area contributed by atoms with Gasteiger partial charge in [0, 0.05) is 24.6 Å². The van der Waals surface area contributed by atoms with Gasteiger partial charge >= 0.3 is 0 Å². The molecule has 1 aliphatic heterocycles. The number of carbonyl (C=O) groups excluding carboxylic acids is 1. The van der Waals surface area contributed by atoms with Crippen molar-refractivity contribution in [1.29, 1.82) is 0 Å². The predicted molar refractivity (Wildman–Crippen MR) is 146 cm³/mol. The molecule has 2 aromatic carbocycles. The normalized spacial score (nSPS) is 14.7. The third kappa shape index (κ3) is 6.02. The first kappa shape index (κ1) is 27.0. The van der Waals surface area contributed by atoms with E-state index >= 15 is 4.39 Å². The number of hydrogen-bond donors (Lipinski definition) is 3. The Morgan fingerprint density at radius 2 is 1.90 bits per heavy atom.